The van der Waals surface area contributed by atoms with Crippen LogP contribution in [0.25, 0.3) is 0 Å². The van der Waals surface area contributed by atoms with Crippen molar-refractivity contribution >= 4 is 47.2 Å². The first-order chi connectivity index (χ1) is 18.5. The average molecular weight is 572 g/mol. The summed E-state index contributed by atoms with van der Waals surface area (Å²) in [5.74, 6) is 0.698. The number of benzene rings is 2. The van der Waals surface area contributed by atoms with E-state index in [0.29, 0.717) is 29.4 Å². The number of nitriles is 1. The third kappa shape index (κ3) is 8.18. The fourth-order valence-corrected chi connectivity index (χ4v) is 4.47. The molecule has 39 heavy (non-hydrogen) atoms. The van der Waals surface area contributed by atoms with E-state index in [1.165, 1.54) is 30.8 Å². The summed E-state index contributed by atoms with van der Waals surface area (Å²) < 4.78 is 5.49. The molecular weight excluding hydrogens is 539 g/mol. The average Bonchev–Trinajstić information content (AvgIpc) is 2.95. The fourth-order valence-electron chi connectivity index (χ4n) is 4.21. The molecule has 1 atom stereocenters. The Morgan fingerprint density at radius 2 is 1.92 bits per heavy atom. The number of carbonyl (C=O) groups is 1. The van der Waals surface area contributed by atoms with Gasteiger partial charge in [0.05, 0.1) is 25.2 Å². The van der Waals surface area contributed by atoms with Crippen LogP contribution in [0.15, 0.2) is 48.8 Å². The van der Waals surface area contributed by atoms with Crippen LogP contribution in [-0.4, -0.2) is 55.8 Å². The number of carbonyl (C=O) groups excluding carboxylic acids is 1. The smallest absolute Gasteiger partial charge is 0.325 e. The SMILES string of the molecule is COc1cc(CCN[C@@H](C)c2ccc(N3CCNCC3)cc2)c(Cl)cc1NC(=O)Nc1cnc(C#N)cn1.Cl. The van der Waals surface area contributed by atoms with Gasteiger partial charge < -0.3 is 25.6 Å². The summed E-state index contributed by atoms with van der Waals surface area (Å²) in [4.78, 5) is 22.7. The number of amides is 2. The summed E-state index contributed by atoms with van der Waals surface area (Å²) in [6.07, 6.45) is 3.27. The number of aromatic nitrogens is 2. The highest BCUT2D eigenvalue weighted by atomic mass is 35.5. The van der Waals surface area contributed by atoms with E-state index in [2.05, 4.69) is 67.3 Å². The zero-order chi connectivity index (χ0) is 26.9. The summed E-state index contributed by atoms with van der Waals surface area (Å²) in [6.45, 7) is 6.96. The second-order valence-electron chi connectivity index (χ2n) is 8.88. The highest BCUT2D eigenvalue weighted by molar-refractivity contribution is 6.31. The number of urea groups is 1. The predicted octanol–water partition coefficient (Wildman–Crippen LogP) is 4.38. The van der Waals surface area contributed by atoms with E-state index in [1.807, 2.05) is 12.1 Å². The first-order valence-electron chi connectivity index (χ1n) is 12.4. The Labute approximate surface area is 239 Å². The van der Waals surface area contributed by atoms with Gasteiger partial charge in [0.25, 0.3) is 0 Å². The number of nitrogens with one attached hydrogen (secondary N) is 4. The molecule has 3 aromatic rings. The molecule has 10 nitrogen and oxygen atoms in total. The minimum absolute atomic E-state index is 0. The summed E-state index contributed by atoms with van der Waals surface area (Å²) in [5, 5.41) is 21.6. The fraction of sp³-hybridized carbons (Fsp3) is 0.333. The van der Waals surface area contributed by atoms with E-state index in [0.717, 1.165) is 31.7 Å². The van der Waals surface area contributed by atoms with E-state index in [-0.39, 0.29) is 30.0 Å². The van der Waals surface area contributed by atoms with Crippen LogP contribution >= 0.6 is 24.0 Å². The van der Waals surface area contributed by atoms with E-state index in [4.69, 9.17) is 21.6 Å². The van der Waals surface area contributed by atoms with E-state index < -0.39 is 6.03 Å². The molecule has 12 heteroatoms. The summed E-state index contributed by atoms with van der Waals surface area (Å²) >= 11 is 6.54. The second kappa shape index (κ2) is 14.5. The lowest BCUT2D eigenvalue weighted by Crippen LogP contribution is -2.43. The zero-order valence-corrected chi connectivity index (χ0v) is 23.4. The van der Waals surface area contributed by atoms with Crippen molar-refractivity contribution in [3.63, 3.8) is 0 Å². The van der Waals surface area contributed by atoms with Crippen molar-refractivity contribution in [1.29, 1.82) is 5.26 Å². The van der Waals surface area contributed by atoms with Gasteiger partial charge in [0, 0.05) is 42.9 Å². The number of halogens is 2. The molecular formula is C27H32Cl2N8O2. The zero-order valence-electron chi connectivity index (χ0n) is 21.8. The number of ether oxygens (including phenoxy) is 1. The molecule has 0 aliphatic carbocycles. The molecule has 0 unspecified atom stereocenters. The number of piperazine rings is 1. The molecule has 1 aliphatic heterocycles. The molecule has 0 radical (unpaired) electrons. The van der Waals surface area contributed by atoms with Crippen molar-refractivity contribution in [1.82, 2.24) is 20.6 Å². The number of anilines is 3. The minimum atomic E-state index is -0.537. The highest BCUT2D eigenvalue weighted by Crippen LogP contribution is 2.32. The molecule has 1 fully saturated rings. The Hall–Kier alpha value is -3.62. The van der Waals surface area contributed by atoms with Crippen LogP contribution in [0.3, 0.4) is 0 Å². The van der Waals surface area contributed by atoms with Crippen LogP contribution < -0.4 is 30.9 Å². The molecule has 1 aromatic heterocycles. The maximum atomic E-state index is 12.4. The Kier molecular flexibility index (Phi) is 11.1. The third-order valence-electron chi connectivity index (χ3n) is 6.34. The van der Waals surface area contributed by atoms with Gasteiger partial charge in [0.2, 0.25) is 0 Å². The largest absolute Gasteiger partial charge is 0.495 e. The molecule has 0 spiro atoms. The highest BCUT2D eigenvalue weighted by Gasteiger charge is 2.14. The van der Waals surface area contributed by atoms with Crippen LogP contribution in [0.1, 0.15) is 29.8 Å². The first kappa shape index (κ1) is 29.9. The number of hydrogen-bond acceptors (Lipinski definition) is 8. The number of methoxy groups -OCH3 is 1. The van der Waals surface area contributed by atoms with Gasteiger partial charge in [0.1, 0.15) is 11.8 Å². The molecule has 4 rings (SSSR count). The normalized spacial score (nSPS) is 13.5. The maximum Gasteiger partial charge on any atom is 0.325 e. The van der Waals surface area contributed by atoms with Crippen molar-refractivity contribution in [3.05, 3.63) is 70.6 Å². The number of rotatable bonds is 9. The van der Waals surface area contributed by atoms with Gasteiger partial charge in [-0.25, -0.2) is 14.8 Å². The van der Waals surface area contributed by atoms with Crippen LogP contribution in [0.4, 0.5) is 22.0 Å². The van der Waals surface area contributed by atoms with Crippen molar-refractivity contribution in [2.75, 3.05) is 55.4 Å². The Bertz CT molecular complexity index is 1280. The van der Waals surface area contributed by atoms with Crippen LogP contribution in [0.2, 0.25) is 5.02 Å². The van der Waals surface area contributed by atoms with Gasteiger partial charge in [-0.15, -0.1) is 12.4 Å². The molecule has 4 N–H and O–H groups in total. The van der Waals surface area contributed by atoms with E-state index in [1.54, 1.807) is 6.07 Å². The van der Waals surface area contributed by atoms with Gasteiger partial charge in [-0.1, -0.05) is 23.7 Å². The van der Waals surface area contributed by atoms with Gasteiger partial charge in [-0.2, -0.15) is 5.26 Å². The Morgan fingerprint density at radius 1 is 1.18 bits per heavy atom. The van der Waals surface area contributed by atoms with Gasteiger partial charge in [-0.05, 0) is 55.3 Å². The molecule has 0 saturated carbocycles. The molecule has 0 bridgehead atoms. The lowest BCUT2D eigenvalue weighted by atomic mass is 10.1. The molecule has 2 amide bonds. The molecule has 2 aromatic carbocycles. The Morgan fingerprint density at radius 3 is 2.56 bits per heavy atom. The summed E-state index contributed by atoms with van der Waals surface area (Å²) in [6, 6.07) is 13.8. The van der Waals surface area contributed by atoms with Crippen molar-refractivity contribution in [2.45, 2.75) is 19.4 Å². The van der Waals surface area contributed by atoms with Crippen LogP contribution in [-0.2, 0) is 6.42 Å². The number of hydrogen-bond donors (Lipinski definition) is 4. The minimum Gasteiger partial charge on any atom is -0.495 e. The van der Waals surface area contributed by atoms with Gasteiger partial charge in [0.15, 0.2) is 11.5 Å². The van der Waals surface area contributed by atoms with Gasteiger partial charge >= 0.3 is 6.03 Å². The quantitative estimate of drug-likeness (QED) is 0.298. The molecule has 1 aliphatic rings. The second-order valence-corrected chi connectivity index (χ2v) is 9.28. The maximum absolute atomic E-state index is 12.4. The standard InChI is InChI=1S/C27H31ClN8O2.ClH/c1-18(19-3-5-22(6-4-19)36-11-9-30-10-12-36)31-8-7-20-13-25(38-2)24(14-23(20)28)34-27(37)35-26-17-32-21(15-29)16-33-26;/h3-6,13-14,16-18,30-31H,7-12H2,1-2H3,(H2,33,34,35,37);1H/t18-;/m0./s1. The summed E-state index contributed by atoms with van der Waals surface area (Å²) in [5.41, 5.74) is 3.97. The summed E-state index contributed by atoms with van der Waals surface area (Å²) in [7, 11) is 1.53. The molecule has 206 valence electrons. The van der Waals surface area contributed by atoms with Crippen LogP contribution in [0, 0.1) is 11.3 Å². The Balaban J connectivity index is 0.00000420. The lowest BCUT2D eigenvalue weighted by molar-refractivity contribution is 0.262. The predicted molar refractivity (Wildman–Crippen MR) is 156 cm³/mol. The third-order valence-corrected chi connectivity index (χ3v) is 6.70. The van der Waals surface area contributed by atoms with Crippen molar-refractivity contribution < 1.29 is 9.53 Å². The van der Waals surface area contributed by atoms with Crippen LogP contribution in [0.5, 0.6) is 5.75 Å². The number of nitrogens with zero attached hydrogens (tertiary/aromatic N) is 4. The lowest BCUT2D eigenvalue weighted by Gasteiger charge is -2.29. The van der Waals surface area contributed by atoms with E-state index in [9.17, 15) is 4.79 Å². The molecule has 1 saturated heterocycles. The first-order valence-corrected chi connectivity index (χ1v) is 12.8. The van der Waals surface area contributed by atoms with Crippen molar-refractivity contribution in [2.24, 2.45) is 0 Å². The molecule has 2 heterocycles. The topological polar surface area (TPSA) is 127 Å². The van der Waals surface area contributed by atoms with E-state index >= 15 is 0 Å². The monoisotopic (exact) mass is 570 g/mol. The van der Waals surface area contributed by atoms with Gasteiger partial charge in [-0.3, -0.25) is 5.32 Å². The van der Waals surface area contributed by atoms with Crippen molar-refractivity contribution in [3.8, 4) is 11.8 Å².